The largest absolute Gasteiger partial charge is 0.426 e. The van der Waals surface area contributed by atoms with Crippen LogP contribution in [0.2, 0.25) is 0 Å². The molecule has 0 spiro atoms. The second kappa shape index (κ2) is 3.46. The standard InChI is InChI=1S/C6H5F8O/c1-3(7,8)4(9,10)5(11,12)6(13,14)15-2/h2H2,1H3. The Morgan fingerprint density at radius 1 is 0.800 bits per heavy atom. The van der Waals surface area contributed by atoms with E-state index in [-0.39, 0.29) is 0 Å². The van der Waals surface area contributed by atoms with Crippen LogP contribution in [0.15, 0.2) is 0 Å². The number of halogens is 8. The zero-order valence-corrected chi connectivity index (χ0v) is 7.14. The van der Waals surface area contributed by atoms with Crippen molar-refractivity contribution < 1.29 is 39.9 Å². The summed E-state index contributed by atoms with van der Waals surface area (Å²) in [7, 11) is 1.81. The van der Waals surface area contributed by atoms with Gasteiger partial charge in [-0.1, -0.05) is 0 Å². The highest BCUT2D eigenvalue weighted by molar-refractivity contribution is 4.98. The normalized spacial score (nSPS) is 15.6. The number of alkyl halides is 8. The van der Waals surface area contributed by atoms with Gasteiger partial charge in [0.15, 0.2) is 0 Å². The van der Waals surface area contributed by atoms with Crippen molar-refractivity contribution in [2.45, 2.75) is 30.8 Å². The Kier molecular flexibility index (Phi) is 3.32. The smallest absolute Gasteiger partial charge is 0.313 e. The topological polar surface area (TPSA) is 9.23 Å². The van der Waals surface area contributed by atoms with Crippen LogP contribution in [-0.2, 0) is 4.74 Å². The van der Waals surface area contributed by atoms with Crippen LogP contribution in [0.4, 0.5) is 35.1 Å². The van der Waals surface area contributed by atoms with Crippen LogP contribution in [0.3, 0.4) is 0 Å². The maximum Gasteiger partial charge on any atom is 0.426 e. The van der Waals surface area contributed by atoms with Gasteiger partial charge in [-0.15, -0.1) is 0 Å². The summed E-state index contributed by atoms with van der Waals surface area (Å²) in [6, 6.07) is 0. The molecule has 0 aromatic rings. The average molecular weight is 245 g/mol. The molecule has 0 aliphatic heterocycles. The lowest BCUT2D eigenvalue weighted by atomic mass is 10.1. The van der Waals surface area contributed by atoms with Crippen molar-refractivity contribution in [3.8, 4) is 0 Å². The number of hydrogen-bond donors (Lipinski definition) is 0. The first-order chi connectivity index (χ1) is 6.31. The summed E-state index contributed by atoms with van der Waals surface area (Å²) in [6.07, 6.45) is -5.80. The van der Waals surface area contributed by atoms with Gasteiger partial charge >= 0.3 is 23.9 Å². The fraction of sp³-hybridized carbons (Fsp3) is 0.833. The summed E-state index contributed by atoms with van der Waals surface area (Å²) >= 11 is 0. The molecule has 0 aromatic carbocycles. The molecule has 91 valence electrons. The first-order valence-corrected chi connectivity index (χ1v) is 3.25. The zero-order valence-electron chi connectivity index (χ0n) is 7.14. The molecule has 9 heteroatoms. The van der Waals surface area contributed by atoms with Crippen LogP contribution in [-0.4, -0.2) is 23.9 Å². The molecule has 1 radical (unpaired) electrons. The third-order valence-electron chi connectivity index (χ3n) is 1.49. The summed E-state index contributed by atoms with van der Waals surface area (Å²) < 4.78 is 100. The predicted molar refractivity (Wildman–Crippen MR) is 31.9 cm³/mol. The first-order valence-electron chi connectivity index (χ1n) is 3.25. The molecule has 0 fully saturated rings. The van der Waals surface area contributed by atoms with E-state index in [1.54, 1.807) is 0 Å². The maximum absolute atomic E-state index is 12.3. The zero-order chi connectivity index (χ0) is 12.7. The van der Waals surface area contributed by atoms with E-state index in [9.17, 15) is 35.1 Å². The minimum absolute atomic E-state index is 0.611. The summed E-state index contributed by atoms with van der Waals surface area (Å²) in [5, 5.41) is 0. The second-order valence-electron chi connectivity index (χ2n) is 2.70. The molecule has 0 aliphatic rings. The van der Waals surface area contributed by atoms with E-state index in [1.807, 2.05) is 7.11 Å². The molecule has 0 saturated heterocycles. The van der Waals surface area contributed by atoms with Gasteiger partial charge in [0.2, 0.25) is 0 Å². The molecule has 0 heterocycles. The van der Waals surface area contributed by atoms with E-state index in [0.29, 0.717) is 0 Å². The Balaban J connectivity index is 5.38. The van der Waals surface area contributed by atoms with Crippen molar-refractivity contribution in [2.24, 2.45) is 0 Å². The van der Waals surface area contributed by atoms with E-state index in [1.165, 1.54) is 0 Å². The van der Waals surface area contributed by atoms with E-state index in [0.717, 1.165) is 0 Å². The van der Waals surface area contributed by atoms with Crippen molar-refractivity contribution >= 4 is 0 Å². The molecule has 0 N–H and O–H groups in total. The molecule has 0 amide bonds. The van der Waals surface area contributed by atoms with Gasteiger partial charge in [0.05, 0.1) is 7.11 Å². The summed E-state index contributed by atoms with van der Waals surface area (Å²) in [5.41, 5.74) is 0. The van der Waals surface area contributed by atoms with Crippen molar-refractivity contribution in [1.29, 1.82) is 0 Å². The third-order valence-corrected chi connectivity index (χ3v) is 1.49. The highest BCUT2D eigenvalue weighted by Gasteiger charge is 2.80. The summed E-state index contributed by atoms with van der Waals surface area (Å²) in [5.74, 6) is -18.0. The van der Waals surface area contributed by atoms with E-state index < -0.39 is 30.8 Å². The quantitative estimate of drug-likeness (QED) is 0.690. The monoisotopic (exact) mass is 245 g/mol. The van der Waals surface area contributed by atoms with Gasteiger partial charge in [0.1, 0.15) is 0 Å². The maximum atomic E-state index is 12.3. The molecule has 15 heavy (non-hydrogen) atoms. The van der Waals surface area contributed by atoms with Crippen molar-refractivity contribution in [2.75, 3.05) is 0 Å². The molecular weight excluding hydrogens is 240 g/mol. The second-order valence-corrected chi connectivity index (χ2v) is 2.70. The van der Waals surface area contributed by atoms with Gasteiger partial charge in [0, 0.05) is 6.92 Å². The number of hydrogen-bond acceptors (Lipinski definition) is 1. The Hall–Kier alpha value is -0.600. The first kappa shape index (κ1) is 14.4. The molecule has 0 unspecified atom stereocenters. The van der Waals surface area contributed by atoms with Crippen LogP contribution >= 0.6 is 0 Å². The predicted octanol–water partition coefficient (Wildman–Crippen LogP) is 3.31. The van der Waals surface area contributed by atoms with Crippen LogP contribution in [0.1, 0.15) is 6.92 Å². The SMILES string of the molecule is [CH2]OC(F)(F)C(F)(F)C(F)(F)C(C)(F)F. The summed E-state index contributed by atoms with van der Waals surface area (Å²) in [6.45, 7) is -0.611. The van der Waals surface area contributed by atoms with Crippen LogP contribution in [0.25, 0.3) is 0 Å². The van der Waals surface area contributed by atoms with Gasteiger partial charge in [-0.3, -0.25) is 0 Å². The number of rotatable bonds is 4. The number of ether oxygens (including phenoxy) is 1. The van der Waals surface area contributed by atoms with Gasteiger partial charge in [0.25, 0.3) is 0 Å². The van der Waals surface area contributed by atoms with E-state index >= 15 is 0 Å². The van der Waals surface area contributed by atoms with Gasteiger partial charge in [-0.25, -0.2) is 0 Å². The fourth-order valence-electron chi connectivity index (χ4n) is 0.549. The fourth-order valence-corrected chi connectivity index (χ4v) is 0.549. The highest BCUT2D eigenvalue weighted by Crippen LogP contribution is 2.52. The Bertz CT molecular complexity index is 230. The van der Waals surface area contributed by atoms with Gasteiger partial charge in [-0.2, -0.15) is 35.1 Å². The lowest BCUT2D eigenvalue weighted by Crippen LogP contribution is -2.61. The van der Waals surface area contributed by atoms with Gasteiger partial charge < -0.3 is 4.74 Å². The lowest BCUT2D eigenvalue weighted by molar-refractivity contribution is -0.415. The van der Waals surface area contributed by atoms with Crippen LogP contribution in [0.5, 0.6) is 0 Å². The Labute approximate surface area is 79.0 Å². The van der Waals surface area contributed by atoms with Crippen molar-refractivity contribution in [1.82, 2.24) is 0 Å². The molecule has 0 rings (SSSR count). The molecule has 0 saturated carbocycles. The molecule has 0 atom stereocenters. The van der Waals surface area contributed by atoms with E-state index in [4.69, 9.17) is 0 Å². The third kappa shape index (κ3) is 2.01. The lowest BCUT2D eigenvalue weighted by Gasteiger charge is -2.34. The Morgan fingerprint density at radius 2 is 1.13 bits per heavy atom. The minimum atomic E-state index is -6.38. The van der Waals surface area contributed by atoms with Crippen molar-refractivity contribution in [3.05, 3.63) is 7.11 Å². The van der Waals surface area contributed by atoms with Gasteiger partial charge in [-0.05, 0) is 0 Å². The molecule has 0 aromatic heterocycles. The van der Waals surface area contributed by atoms with Crippen molar-refractivity contribution in [3.63, 3.8) is 0 Å². The van der Waals surface area contributed by atoms with E-state index in [2.05, 4.69) is 4.74 Å². The van der Waals surface area contributed by atoms with Crippen LogP contribution in [0, 0.1) is 7.11 Å². The molecule has 0 bridgehead atoms. The molecular formula is C6H5F8O. The molecule has 1 nitrogen and oxygen atoms in total. The van der Waals surface area contributed by atoms with Crippen LogP contribution < -0.4 is 0 Å². The Morgan fingerprint density at radius 3 is 1.33 bits per heavy atom. The molecule has 0 aliphatic carbocycles. The highest BCUT2D eigenvalue weighted by atomic mass is 19.4. The summed E-state index contributed by atoms with van der Waals surface area (Å²) in [4.78, 5) is 0. The average Bonchev–Trinajstić information content (AvgIpc) is 2.01. The minimum Gasteiger partial charge on any atom is -0.313 e.